The fourth-order valence-corrected chi connectivity index (χ4v) is 3.49. The van der Waals surface area contributed by atoms with Gasteiger partial charge in [0.05, 0.1) is 5.25 Å². The smallest absolute Gasteiger partial charge is 0.214 e. The van der Waals surface area contributed by atoms with Gasteiger partial charge in [-0.25, -0.2) is 13.1 Å². The molecule has 1 saturated heterocycles. The van der Waals surface area contributed by atoms with Crippen LogP contribution in [0.15, 0.2) is 12.7 Å². The van der Waals surface area contributed by atoms with Crippen molar-refractivity contribution < 1.29 is 8.42 Å². The molecule has 1 rings (SSSR count). The van der Waals surface area contributed by atoms with Gasteiger partial charge < -0.3 is 5.32 Å². The number of nitrogens with one attached hydrogen (secondary N) is 2. The van der Waals surface area contributed by atoms with Crippen molar-refractivity contribution >= 4 is 10.0 Å². The first-order chi connectivity index (χ1) is 7.06. The van der Waals surface area contributed by atoms with E-state index in [-0.39, 0.29) is 11.3 Å². The lowest BCUT2D eigenvalue weighted by Crippen LogP contribution is -2.44. The van der Waals surface area contributed by atoms with Crippen LogP contribution in [0.5, 0.6) is 0 Å². The minimum atomic E-state index is -3.14. The Labute approximate surface area is 92.2 Å². The van der Waals surface area contributed by atoms with Crippen molar-refractivity contribution in [2.45, 2.75) is 37.5 Å². The summed E-state index contributed by atoms with van der Waals surface area (Å²) in [5.41, 5.74) is 0. The highest BCUT2D eigenvalue weighted by atomic mass is 32.2. The van der Waals surface area contributed by atoms with E-state index in [4.69, 9.17) is 0 Å². The average Bonchev–Trinajstić information content (AvgIpc) is 2.18. The van der Waals surface area contributed by atoms with Gasteiger partial charge in [0.1, 0.15) is 0 Å². The number of hydrogen-bond donors (Lipinski definition) is 2. The Morgan fingerprint density at radius 1 is 1.53 bits per heavy atom. The molecule has 15 heavy (non-hydrogen) atoms. The first-order valence-electron chi connectivity index (χ1n) is 5.39. The van der Waals surface area contributed by atoms with E-state index in [0.717, 1.165) is 13.1 Å². The molecule has 5 heteroatoms. The molecule has 0 aromatic carbocycles. The van der Waals surface area contributed by atoms with E-state index in [9.17, 15) is 8.42 Å². The minimum Gasteiger partial charge on any atom is -0.317 e. The molecule has 0 aromatic rings. The standard InChI is InChI=1S/C10H20N2O2S/c1-3-4-9(2)12-15(13,14)10-5-7-11-8-6-10/h3,9-12H,1,4-8H2,2H3. The van der Waals surface area contributed by atoms with Gasteiger partial charge in [0, 0.05) is 6.04 Å². The fraction of sp³-hybridized carbons (Fsp3) is 0.800. The summed E-state index contributed by atoms with van der Waals surface area (Å²) in [5, 5.41) is 2.93. The first kappa shape index (κ1) is 12.7. The van der Waals surface area contributed by atoms with Crippen LogP contribution in [0, 0.1) is 0 Å². The van der Waals surface area contributed by atoms with E-state index >= 15 is 0 Å². The van der Waals surface area contributed by atoms with Crippen LogP contribution in [0.2, 0.25) is 0 Å². The largest absolute Gasteiger partial charge is 0.317 e. The molecule has 0 radical (unpaired) electrons. The molecule has 0 amide bonds. The maximum Gasteiger partial charge on any atom is 0.214 e. The van der Waals surface area contributed by atoms with Crippen molar-refractivity contribution in [2.75, 3.05) is 13.1 Å². The summed E-state index contributed by atoms with van der Waals surface area (Å²) < 4.78 is 26.5. The molecule has 0 spiro atoms. The van der Waals surface area contributed by atoms with Crippen molar-refractivity contribution in [1.82, 2.24) is 10.0 Å². The second-order valence-corrected chi connectivity index (χ2v) is 6.03. The van der Waals surface area contributed by atoms with Gasteiger partial charge >= 0.3 is 0 Å². The molecule has 1 heterocycles. The zero-order valence-corrected chi connectivity index (χ0v) is 10.0. The van der Waals surface area contributed by atoms with Crippen molar-refractivity contribution in [1.29, 1.82) is 0 Å². The van der Waals surface area contributed by atoms with Gasteiger partial charge in [-0.3, -0.25) is 0 Å². The highest BCUT2D eigenvalue weighted by Crippen LogP contribution is 2.12. The van der Waals surface area contributed by atoms with Crippen LogP contribution in [0.1, 0.15) is 26.2 Å². The maximum absolute atomic E-state index is 11.9. The third-order valence-corrected chi connectivity index (χ3v) is 4.69. The van der Waals surface area contributed by atoms with Gasteiger partial charge in [0.2, 0.25) is 10.0 Å². The van der Waals surface area contributed by atoms with E-state index in [1.807, 2.05) is 6.92 Å². The molecule has 1 fully saturated rings. The summed E-state index contributed by atoms with van der Waals surface area (Å²) in [5.74, 6) is 0. The highest BCUT2D eigenvalue weighted by Gasteiger charge is 2.27. The Morgan fingerprint density at radius 3 is 2.67 bits per heavy atom. The van der Waals surface area contributed by atoms with Crippen LogP contribution in [0.3, 0.4) is 0 Å². The summed E-state index contributed by atoms with van der Waals surface area (Å²) >= 11 is 0. The minimum absolute atomic E-state index is 0.0533. The summed E-state index contributed by atoms with van der Waals surface area (Å²) in [6.45, 7) is 7.05. The maximum atomic E-state index is 11.9. The molecule has 1 atom stereocenters. The van der Waals surface area contributed by atoms with E-state index in [0.29, 0.717) is 19.3 Å². The van der Waals surface area contributed by atoms with E-state index in [1.165, 1.54) is 0 Å². The molecule has 0 aromatic heterocycles. The molecule has 0 aliphatic carbocycles. The molecule has 0 saturated carbocycles. The van der Waals surface area contributed by atoms with Gasteiger partial charge in [0.25, 0.3) is 0 Å². The van der Waals surface area contributed by atoms with Crippen molar-refractivity contribution in [2.24, 2.45) is 0 Å². The number of rotatable bonds is 5. The monoisotopic (exact) mass is 232 g/mol. The van der Waals surface area contributed by atoms with Gasteiger partial charge in [-0.2, -0.15) is 0 Å². The number of sulfonamides is 1. The Bertz CT molecular complexity index is 295. The van der Waals surface area contributed by atoms with Crippen LogP contribution >= 0.6 is 0 Å². The SMILES string of the molecule is C=CCC(C)NS(=O)(=O)C1CCNCC1. The molecule has 88 valence electrons. The molecule has 1 aliphatic heterocycles. The van der Waals surface area contributed by atoms with Crippen molar-refractivity contribution in [3.05, 3.63) is 12.7 Å². The molecule has 2 N–H and O–H groups in total. The number of hydrogen-bond acceptors (Lipinski definition) is 3. The lowest BCUT2D eigenvalue weighted by Gasteiger charge is -2.24. The quantitative estimate of drug-likeness (QED) is 0.683. The summed E-state index contributed by atoms with van der Waals surface area (Å²) in [6, 6.07) is -0.0533. The zero-order chi connectivity index (χ0) is 11.3. The predicted octanol–water partition coefficient (Wildman–Crippen LogP) is 0.622. The molecular weight excluding hydrogens is 212 g/mol. The fourth-order valence-electron chi connectivity index (χ4n) is 1.78. The van der Waals surface area contributed by atoms with Gasteiger partial charge in [-0.05, 0) is 39.3 Å². The Hall–Kier alpha value is -0.390. The highest BCUT2D eigenvalue weighted by molar-refractivity contribution is 7.90. The van der Waals surface area contributed by atoms with Crippen LogP contribution in [0.4, 0.5) is 0 Å². The van der Waals surface area contributed by atoms with E-state index in [1.54, 1.807) is 6.08 Å². The van der Waals surface area contributed by atoms with E-state index in [2.05, 4.69) is 16.6 Å². The molecule has 1 aliphatic rings. The van der Waals surface area contributed by atoms with Crippen LogP contribution in [0.25, 0.3) is 0 Å². The Morgan fingerprint density at radius 2 is 2.13 bits per heavy atom. The molecule has 4 nitrogen and oxygen atoms in total. The first-order valence-corrected chi connectivity index (χ1v) is 6.93. The van der Waals surface area contributed by atoms with Crippen molar-refractivity contribution in [3.63, 3.8) is 0 Å². The Balaban J connectivity index is 2.53. The predicted molar refractivity (Wildman–Crippen MR) is 62.2 cm³/mol. The third-order valence-electron chi connectivity index (χ3n) is 2.61. The van der Waals surface area contributed by atoms with Gasteiger partial charge in [-0.1, -0.05) is 6.08 Å². The molecular formula is C10H20N2O2S. The van der Waals surface area contributed by atoms with Crippen LogP contribution in [-0.4, -0.2) is 32.8 Å². The van der Waals surface area contributed by atoms with Crippen LogP contribution in [-0.2, 0) is 10.0 Å². The normalized spacial score (nSPS) is 21.1. The number of piperidine rings is 1. The molecule has 0 bridgehead atoms. The third kappa shape index (κ3) is 3.93. The summed E-state index contributed by atoms with van der Waals surface area (Å²) in [6.07, 6.45) is 3.81. The summed E-state index contributed by atoms with van der Waals surface area (Å²) in [7, 11) is -3.14. The van der Waals surface area contributed by atoms with E-state index < -0.39 is 10.0 Å². The second-order valence-electron chi connectivity index (χ2n) is 4.04. The average molecular weight is 232 g/mol. The lowest BCUT2D eigenvalue weighted by atomic mass is 10.2. The van der Waals surface area contributed by atoms with Gasteiger partial charge in [-0.15, -0.1) is 6.58 Å². The van der Waals surface area contributed by atoms with Crippen molar-refractivity contribution in [3.8, 4) is 0 Å². The second kappa shape index (κ2) is 5.63. The Kier molecular flexibility index (Phi) is 4.76. The lowest BCUT2D eigenvalue weighted by molar-refractivity contribution is 0.483. The topological polar surface area (TPSA) is 58.2 Å². The van der Waals surface area contributed by atoms with Crippen LogP contribution < -0.4 is 10.0 Å². The zero-order valence-electron chi connectivity index (χ0n) is 9.20. The van der Waals surface area contributed by atoms with Gasteiger partial charge in [0.15, 0.2) is 0 Å². The molecule has 1 unspecified atom stereocenters. The summed E-state index contributed by atoms with van der Waals surface area (Å²) in [4.78, 5) is 0.